The lowest BCUT2D eigenvalue weighted by Gasteiger charge is -2.21. The van der Waals surface area contributed by atoms with Crippen LogP contribution in [0.4, 0.5) is 0 Å². The van der Waals surface area contributed by atoms with E-state index in [4.69, 9.17) is 37.0 Å². The fourth-order valence-electron chi connectivity index (χ4n) is 11.2. The number of ether oxygens (including phenoxy) is 4. The SMILES string of the molecule is CCCCCCCCCCCCCCCCCC(=O)O[C@H](COC(=O)CCCCCCCCCCCCC(C)CC)COP(=O)(O)OC[C@@H](O)COP(=O)(O)OC[C@@H](COC(=O)CCCCCCCCCCCC)OC(=O)CCCCCCCCCCCCC(C)CC. The third-order valence-corrected chi connectivity index (χ3v) is 19.8. The quantitative estimate of drug-likeness (QED) is 0.0222. The smallest absolute Gasteiger partial charge is 0.462 e. The molecule has 0 fully saturated rings. The van der Waals surface area contributed by atoms with E-state index in [2.05, 4.69) is 41.5 Å². The third kappa shape index (κ3) is 65.8. The molecular formula is C74H144O17P2. The number of carbonyl (C=O) groups is 4. The number of carbonyl (C=O) groups excluding carboxylic acids is 4. The molecule has 17 nitrogen and oxygen atoms in total. The zero-order chi connectivity index (χ0) is 68.6. The van der Waals surface area contributed by atoms with Crippen molar-refractivity contribution in [2.24, 2.45) is 11.8 Å². The highest BCUT2D eigenvalue weighted by molar-refractivity contribution is 7.47. The Kier molecular flexibility index (Phi) is 64.6. The van der Waals surface area contributed by atoms with Crippen LogP contribution in [0.1, 0.15) is 382 Å². The van der Waals surface area contributed by atoms with Gasteiger partial charge in [-0.05, 0) is 37.5 Å². The molecule has 0 aliphatic rings. The molecule has 0 saturated carbocycles. The van der Waals surface area contributed by atoms with Gasteiger partial charge in [-0.1, -0.05) is 330 Å². The van der Waals surface area contributed by atoms with E-state index in [1.54, 1.807) is 0 Å². The molecule has 0 rings (SSSR count). The minimum atomic E-state index is -4.96. The molecule has 3 N–H and O–H groups in total. The first kappa shape index (κ1) is 91.1. The zero-order valence-corrected chi connectivity index (χ0v) is 62.3. The Morgan fingerprint density at radius 3 is 0.763 bits per heavy atom. The summed E-state index contributed by atoms with van der Waals surface area (Å²) >= 11 is 0. The van der Waals surface area contributed by atoms with Gasteiger partial charge in [0, 0.05) is 25.7 Å². The standard InChI is InChI=1S/C74H144O17P2/c1-7-11-13-15-17-19-21-22-23-24-25-34-40-46-52-58-73(78)90-70(63-85-72(77)57-51-45-39-33-28-26-30-36-42-48-54-66(5)9-3)65-89-93(82,83)87-61-68(75)60-86-92(80,81)88-64-69(62-84-71(76)56-50-44-38-32-20-18-16-14-12-8-2)91-74(79)59-53-47-41-35-29-27-31-37-43-49-55-67(6)10-4/h66-70,75H,7-65H2,1-6H3,(H,80,81)(H,82,83)/t66?,67?,68-,69+,70+/m0/s1. The number of aliphatic hydroxyl groups is 1. The minimum absolute atomic E-state index is 0.106. The van der Waals surface area contributed by atoms with Crippen molar-refractivity contribution in [1.82, 2.24) is 0 Å². The number of hydrogen-bond donors (Lipinski definition) is 3. The summed E-state index contributed by atoms with van der Waals surface area (Å²) < 4.78 is 68.5. The molecule has 0 bridgehead atoms. The number of phosphoric ester groups is 2. The van der Waals surface area contributed by atoms with Crippen molar-refractivity contribution in [3.8, 4) is 0 Å². The van der Waals surface area contributed by atoms with Gasteiger partial charge in [0.2, 0.25) is 0 Å². The molecule has 4 unspecified atom stereocenters. The Morgan fingerprint density at radius 1 is 0.301 bits per heavy atom. The van der Waals surface area contributed by atoms with Crippen molar-refractivity contribution < 1.29 is 80.2 Å². The maximum absolute atomic E-state index is 13.1. The molecule has 7 atom stereocenters. The van der Waals surface area contributed by atoms with Crippen LogP contribution >= 0.6 is 15.6 Å². The number of unbranched alkanes of at least 4 members (excludes halogenated alkanes) is 41. The highest BCUT2D eigenvalue weighted by Gasteiger charge is 2.30. The summed E-state index contributed by atoms with van der Waals surface area (Å²) in [7, 11) is -9.91. The summed E-state index contributed by atoms with van der Waals surface area (Å²) in [6.45, 7) is 9.63. The molecule has 0 aromatic rings. The van der Waals surface area contributed by atoms with Gasteiger partial charge in [-0.3, -0.25) is 37.3 Å². The van der Waals surface area contributed by atoms with Crippen molar-refractivity contribution >= 4 is 39.5 Å². The number of phosphoric acid groups is 2. The summed E-state index contributed by atoms with van der Waals surface area (Å²) in [5.41, 5.74) is 0. The zero-order valence-electron chi connectivity index (χ0n) is 60.6. The molecule has 0 aromatic carbocycles. The van der Waals surface area contributed by atoms with Crippen molar-refractivity contribution in [3.63, 3.8) is 0 Å². The van der Waals surface area contributed by atoms with Crippen LogP contribution in [0, 0.1) is 11.8 Å². The van der Waals surface area contributed by atoms with Gasteiger partial charge < -0.3 is 33.8 Å². The lowest BCUT2D eigenvalue weighted by atomic mass is 9.99. The van der Waals surface area contributed by atoms with Crippen LogP contribution in [0.25, 0.3) is 0 Å². The maximum atomic E-state index is 13.1. The molecule has 552 valence electrons. The van der Waals surface area contributed by atoms with Gasteiger partial charge in [-0.25, -0.2) is 9.13 Å². The van der Waals surface area contributed by atoms with Gasteiger partial charge in [0.05, 0.1) is 26.4 Å². The fourth-order valence-corrected chi connectivity index (χ4v) is 12.8. The van der Waals surface area contributed by atoms with Crippen molar-refractivity contribution in [2.75, 3.05) is 39.6 Å². The Labute approximate surface area is 568 Å². The number of aliphatic hydroxyl groups excluding tert-OH is 1. The summed E-state index contributed by atoms with van der Waals surface area (Å²) in [6.07, 6.45) is 52.4. The first-order valence-corrected chi connectivity index (χ1v) is 41.6. The second kappa shape index (κ2) is 66.0. The Balaban J connectivity index is 5.26. The highest BCUT2D eigenvalue weighted by Crippen LogP contribution is 2.45. The third-order valence-electron chi connectivity index (χ3n) is 17.9. The van der Waals surface area contributed by atoms with E-state index in [1.165, 1.54) is 199 Å². The molecule has 0 spiro atoms. The van der Waals surface area contributed by atoms with Crippen LogP contribution in [0.15, 0.2) is 0 Å². The Hall–Kier alpha value is -1.94. The Morgan fingerprint density at radius 2 is 0.516 bits per heavy atom. The molecule has 93 heavy (non-hydrogen) atoms. The lowest BCUT2D eigenvalue weighted by Crippen LogP contribution is -2.30. The van der Waals surface area contributed by atoms with Crippen LogP contribution in [0.3, 0.4) is 0 Å². The summed E-state index contributed by atoms with van der Waals surface area (Å²) in [5.74, 6) is -0.504. The number of hydrogen-bond acceptors (Lipinski definition) is 15. The minimum Gasteiger partial charge on any atom is -0.462 e. The van der Waals surface area contributed by atoms with Crippen molar-refractivity contribution in [3.05, 3.63) is 0 Å². The van der Waals surface area contributed by atoms with Crippen LogP contribution in [-0.4, -0.2) is 96.7 Å². The van der Waals surface area contributed by atoms with Crippen molar-refractivity contribution in [1.29, 1.82) is 0 Å². The molecule has 0 aliphatic carbocycles. The molecule has 0 radical (unpaired) electrons. The second-order valence-electron chi connectivity index (χ2n) is 27.2. The lowest BCUT2D eigenvalue weighted by molar-refractivity contribution is -0.161. The van der Waals surface area contributed by atoms with Crippen LogP contribution in [0.2, 0.25) is 0 Å². The first-order valence-electron chi connectivity index (χ1n) is 38.6. The molecular weight excluding hydrogens is 1220 g/mol. The van der Waals surface area contributed by atoms with E-state index in [1.807, 2.05) is 0 Å². The van der Waals surface area contributed by atoms with Gasteiger partial charge >= 0.3 is 39.5 Å². The normalized spacial score (nSPS) is 14.6. The van der Waals surface area contributed by atoms with Gasteiger partial charge in [-0.2, -0.15) is 0 Å². The van der Waals surface area contributed by atoms with E-state index in [0.717, 1.165) is 102 Å². The molecule has 0 aliphatic heterocycles. The van der Waals surface area contributed by atoms with E-state index in [0.29, 0.717) is 25.7 Å². The van der Waals surface area contributed by atoms with Gasteiger partial charge in [0.25, 0.3) is 0 Å². The molecule has 0 amide bonds. The summed E-state index contributed by atoms with van der Waals surface area (Å²) in [5, 5.41) is 10.6. The fraction of sp³-hybridized carbons (Fsp3) is 0.946. The van der Waals surface area contributed by atoms with E-state index in [-0.39, 0.29) is 25.7 Å². The summed E-state index contributed by atoms with van der Waals surface area (Å²) in [4.78, 5) is 72.7. The monoisotopic (exact) mass is 1370 g/mol. The molecule has 19 heteroatoms. The predicted octanol–water partition coefficient (Wildman–Crippen LogP) is 21.6. The number of esters is 4. The van der Waals surface area contributed by atoms with E-state index in [9.17, 15) is 43.2 Å². The molecule has 0 heterocycles. The maximum Gasteiger partial charge on any atom is 0.472 e. The largest absolute Gasteiger partial charge is 0.472 e. The average molecular weight is 1370 g/mol. The summed E-state index contributed by atoms with van der Waals surface area (Å²) in [6, 6.07) is 0. The van der Waals surface area contributed by atoms with Crippen LogP contribution in [-0.2, 0) is 65.4 Å². The Bertz CT molecular complexity index is 1810. The van der Waals surface area contributed by atoms with E-state index < -0.39 is 97.5 Å². The molecule has 0 saturated heterocycles. The first-order chi connectivity index (χ1) is 44.9. The molecule has 0 aromatic heterocycles. The number of rotatable bonds is 73. The second-order valence-corrected chi connectivity index (χ2v) is 30.1. The van der Waals surface area contributed by atoms with Gasteiger partial charge in [0.15, 0.2) is 12.2 Å². The van der Waals surface area contributed by atoms with Crippen molar-refractivity contribution in [2.45, 2.75) is 400 Å². The van der Waals surface area contributed by atoms with Gasteiger partial charge in [-0.15, -0.1) is 0 Å². The van der Waals surface area contributed by atoms with Crippen LogP contribution in [0.5, 0.6) is 0 Å². The van der Waals surface area contributed by atoms with Gasteiger partial charge in [0.1, 0.15) is 19.3 Å². The average Bonchev–Trinajstić information content (AvgIpc) is 1.71. The van der Waals surface area contributed by atoms with Crippen LogP contribution < -0.4 is 0 Å². The van der Waals surface area contributed by atoms with E-state index >= 15 is 0 Å². The topological polar surface area (TPSA) is 237 Å². The predicted molar refractivity (Wildman–Crippen MR) is 377 cm³/mol. The highest BCUT2D eigenvalue weighted by atomic mass is 31.2.